The zero-order valence-electron chi connectivity index (χ0n) is 13.9. The van der Waals surface area contributed by atoms with Gasteiger partial charge in [-0.25, -0.2) is 4.79 Å². The zero-order valence-corrected chi connectivity index (χ0v) is 13.9. The Bertz CT molecular complexity index is 554. The van der Waals surface area contributed by atoms with Crippen LogP contribution in [0.2, 0.25) is 0 Å². The van der Waals surface area contributed by atoms with E-state index < -0.39 is 0 Å². The SMILES string of the molecule is Cc1[nH]c(C(=O)NC2CCCCC2)c(C)c1C(=O)OC(C)C. The van der Waals surface area contributed by atoms with Gasteiger partial charge in [-0.1, -0.05) is 19.3 Å². The first-order chi connectivity index (χ1) is 10.4. The summed E-state index contributed by atoms with van der Waals surface area (Å²) in [6.07, 6.45) is 5.47. The van der Waals surface area contributed by atoms with E-state index in [1.807, 2.05) is 13.8 Å². The van der Waals surface area contributed by atoms with Crippen LogP contribution in [0.3, 0.4) is 0 Å². The molecule has 1 aromatic heterocycles. The number of aromatic nitrogens is 1. The van der Waals surface area contributed by atoms with E-state index in [0.29, 0.717) is 22.5 Å². The van der Waals surface area contributed by atoms with Crippen LogP contribution in [-0.2, 0) is 4.74 Å². The minimum atomic E-state index is -0.377. The van der Waals surface area contributed by atoms with Gasteiger partial charge in [-0.05, 0) is 46.1 Å². The summed E-state index contributed by atoms with van der Waals surface area (Å²) in [5.41, 5.74) is 2.29. The van der Waals surface area contributed by atoms with Crippen LogP contribution in [0.25, 0.3) is 0 Å². The second kappa shape index (κ2) is 6.99. The van der Waals surface area contributed by atoms with Gasteiger partial charge in [0, 0.05) is 11.7 Å². The Labute approximate surface area is 131 Å². The van der Waals surface area contributed by atoms with E-state index in [2.05, 4.69) is 10.3 Å². The van der Waals surface area contributed by atoms with Crippen LogP contribution in [0.5, 0.6) is 0 Å². The predicted octanol–water partition coefficient (Wildman–Crippen LogP) is 3.26. The van der Waals surface area contributed by atoms with Crippen molar-refractivity contribution >= 4 is 11.9 Å². The highest BCUT2D eigenvalue weighted by Gasteiger charge is 2.25. The Morgan fingerprint density at radius 1 is 1.18 bits per heavy atom. The average molecular weight is 306 g/mol. The number of aromatic amines is 1. The van der Waals surface area contributed by atoms with Gasteiger partial charge in [-0.3, -0.25) is 4.79 Å². The number of hydrogen-bond donors (Lipinski definition) is 2. The first-order valence-corrected chi connectivity index (χ1v) is 8.11. The average Bonchev–Trinajstić information content (AvgIpc) is 2.74. The van der Waals surface area contributed by atoms with Crippen molar-refractivity contribution in [2.24, 2.45) is 0 Å². The monoisotopic (exact) mass is 306 g/mol. The van der Waals surface area contributed by atoms with Crippen LogP contribution in [0, 0.1) is 13.8 Å². The molecule has 0 spiro atoms. The number of H-pyrrole nitrogens is 1. The maximum absolute atomic E-state index is 12.4. The van der Waals surface area contributed by atoms with Crippen LogP contribution >= 0.6 is 0 Å². The van der Waals surface area contributed by atoms with E-state index in [0.717, 1.165) is 12.8 Å². The maximum atomic E-state index is 12.4. The molecule has 5 heteroatoms. The fourth-order valence-corrected chi connectivity index (χ4v) is 3.06. The number of rotatable bonds is 4. The molecule has 22 heavy (non-hydrogen) atoms. The molecule has 2 N–H and O–H groups in total. The lowest BCUT2D eigenvalue weighted by atomic mass is 9.95. The van der Waals surface area contributed by atoms with Crippen molar-refractivity contribution in [2.45, 2.75) is 71.9 Å². The molecule has 1 heterocycles. The summed E-state index contributed by atoms with van der Waals surface area (Å²) < 4.78 is 5.25. The van der Waals surface area contributed by atoms with Crippen LogP contribution < -0.4 is 5.32 Å². The van der Waals surface area contributed by atoms with E-state index in [1.54, 1.807) is 13.8 Å². The summed E-state index contributed by atoms with van der Waals surface area (Å²) in [5, 5.41) is 3.07. The topological polar surface area (TPSA) is 71.2 Å². The molecule has 0 atom stereocenters. The maximum Gasteiger partial charge on any atom is 0.340 e. The fraction of sp³-hybridized carbons (Fsp3) is 0.647. The Balaban J connectivity index is 2.14. The van der Waals surface area contributed by atoms with Gasteiger partial charge < -0.3 is 15.0 Å². The molecule has 0 aliphatic heterocycles. The molecule has 0 bridgehead atoms. The minimum Gasteiger partial charge on any atom is -0.459 e. The molecular weight excluding hydrogens is 280 g/mol. The Morgan fingerprint density at radius 2 is 1.82 bits per heavy atom. The normalized spacial score (nSPS) is 15.9. The van der Waals surface area contributed by atoms with Gasteiger partial charge in [0.2, 0.25) is 0 Å². The first-order valence-electron chi connectivity index (χ1n) is 8.11. The third kappa shape index (κ3) is 3.70. The molecule has 0 unspecified atom stereocenters. The third-order valence-electron chi connectivity index (χ3n) is 4.15. The molecule has 1 aromatic rings. The molecule has 1 aliphatic carbocycles. The van der Waals surface area contributed by atoms with E-state index in [9.17, 15) is 9.59 Å². The van der Waals surface area contributed by atoms with Crippen molar-refractivity contribution in [2.75, 3.05) is 0 Å². The third-order valence-corrected chi connectivity index (χ3v) is 4.15. The highest BCUT2D eigenvalue weighted by atomic mass is 16.5. The molecule has 1 saturated carbocycles. The highest BCUT2D eigenvalue weighted by Crippen LogP contribution is 2.21. The van der Waals surface area contributed by atoms with Gasteiger partial charge in [0.05, 0.1) is 11.7 Å². The Kier molecular flexibility index (Phi) is 5.27. The fourth-order valence-electron chi connectivity index (χ4n) is 3.06. The summed E-state index contributed by atoms with van der Waals surface area (Å²) in [4.78, 5) is 27.6. The number of hydrogen-bond acceptors (Lipinski definition) is 3. The molecule has 0 aromatic carbocycles. The van der Waals surface area contributed by atoms with Gasteiger partial charge in [0.25, 0.3) is 5.91 Å². The number of carbonyl (C=O) groups is 2. The lowest BCUT2D eigenvalue weighted by Gasteiger charge is -2.22. The molecule has 2 rings (SSSR count). The summed E-state index contributed by atoms with van der Waals surface area (Å²) >= 11 is 0. The number of carbonyl (C=O) groups excluding carboxylic acids is 2. The van der Waals surface area contributed by atoms with Crippen LogP contribution in [0.15, 0.2) is 0 Å². The highest BCUT2D eigenvalue weighted by molar-refractivity contribution is 6.00. The quantitative estimate of drug-likeness (QED) is 0.839. The summed E-state index contributed by atoms with van der Waals surface area (Å²) in [6, 6.07) is 0.246. The summed E-state index contributed by atoms with van der Waals surface area (Å²) in [6.45, 7) is 7.20. The molecule has 1 amide bonds. The molecular formula is C17H26N2O3. The molecule has 1 fully saturated rings. The lowest BCUT2D eigenvalue weighted by molar-refractivity contribution is 0.0376. The second-order valence-corrected chi connectivity index (χ2v) is 6.39. The molecule has 122 valence electrons. The standard InChI is InChI=1S/C17H26N2O3/c1-10(2)22-17(21)14-11(3)15(18-12(14)4)16(20)19-13-8-6-5-7-9-13/h10,13,18H,5-9H2,1-4H3,(H,19,20). The van der Waals surface area contributed by atoms with Gasteiger partial charge in [0.1, 0.15) is 5.69 Å². The molecule has 0 radical (unpaired) electrons. The first kappa shape index (κ1) is 16.6. The number of aryl methyl sites for hydroxylation is 1. The molecule has 1 aliphatic rings. The van der Waals surface area contributed by atoms with Gasteiger partial charge >= 0.3 is 5.97 Å². The van der Waals surface area contributed by atoms with Crippen molar-refractivity contribution in [1.82, 2.24) is 10.3 Å². The van der Waals surface area contributed by atoms with Crippen molar-refractivity contribution in [3.05, 3.63) is 22.5 Å². The smallest absolute Gasteiger partial charge is 0.340 e. The second-order valence-electron chi connectivity index (χ2n) is 6.39. The minimum absolute atomic E-state index is 0.129. The van der Waals surface area contributed by atoms with Gasteiger partial charge in [0.15, 0.2) is 0 Å². The zero-order chi connectivity index (χ0) is 16.3. The summed E-state index contributed by atoms with van der Waals surface area (Å²) in [5.74, 6) is -0.505. The molecule has 0 saturated heterocycles. The van der Waals surface area contributed by atoms with Gasteiger partial charge in [-0.15, -0.1) is 0 Å². The van der Waals surface area contributed by atoms with Crippen molar-refractivity contribution in [3.63, 3.8) is 0 Å². The molecule has 5 nitrogen and oxygen atoms in total. The van der Waals surface area contributed by atoms with E-state index >= 15 is 0 Å². The number of nitrogens with one attached hydrogen (secondary N) is 2. The predicted molar refractivity (Wildman–Crippen MR) is 85.2 cm³/mol. The number of esters is 1. The lowest BCUT2D eigenvalue weighted by Crippen LogP contribution is -2.36. The number of ether oxygens (including phenoxy) is 1. The number of amides is 1. The van der Waals surface area contributed by atoms with Crippen molar-refractivity contribution in [3.8, 4) is 0 Å². The van der Waals surface area contributed by atoms with Crippen molar-refractivity contribution < 1.29 is 14.3 Å². The largest absolute Gasteiger partial charge is 0.459 e. The van der Waals surface area contributed by atoms with Crippen LogP contribution in [0.1, 0.15) is 78.1 Å². The summed E-state index contributed by atoms with van der Waals surface area (Å²) in [7, 11) is 0. The van der Waals surface area contributed by atoms with E-state index in [1.165, 1.54) is 19.3 Å². The Morgan fingerprint density at radius 3 is 2.41 bits per heavy atom. The van der Waals surface area contributed by atoms with Gasteiger partial charge in [-0.2, -0.15) is 0 Å². The Hall–Kier alpha value is -1.78. The van der Waals surface area contributed by atoms with E-state index in [4.69, 9.17) is 4.74 Å². The van der Waals surface area contributed by atoms with E-state index in [-0.39, 0.29) is 24.0 Å². The van der Waals surface area contributed by atoms with Crippen LogP contribution in [-0.4, -0.2) is 29.0 Å². The van der Waals surface area contributed by atoms with Crippen molar-refractivity contribution in [1.29, 1.82) is 0 Å². The van der Waals surface area contributed by atoms with Crippen LogP contribution in [0.4, 0.5) is 0 Å².